The molecule has 0 unspecified atom stereocenters. The summed E-state index contributed by atoms with van der Waals surface area (Å²) in [4.78, 5) is 0. The Balaban J connectivity index is 2.78. The van der Waals surface area contributed by atoms with Gasteiger partial charge in [-0.25, -0.2) is 0 Å². The van der Waals surface area contributed by atoms with Gasteiger partial charge in [-0.05, 0) is 36.7 Å². The van der Waals surface area contributed by atoms with E-state index in [0.717, 1.165) is 24.8 Å². The summed E-state index contributed by atoms with van der Waals surface area (Å²) in [5.41, 5.74) is 6.18. The zero-order valence-electron chi connectivity index (χ0n) is 11.8. The third-order valence-corrected chi connectivity index (χ3v) is 4.58. The Hall–Kier alpha value is -2.25. The molecule has 0 heterocycles. The zero-order valence-corrected chi connectivity index (χ0v) is 11.8. The molecule has 0 spiro atoms. The van der Waals surface area contributed by atoms with E-state index >= 15 is 0 Å². The van der Waals surface area contributed by atoms with Gasteiger partial charge in [0.25, 0.3) is 0 Å². The molecule has 0 aromatic heterocycles. The van der Waals surface area contributed by atoms with Gasteiger partial charge in [0.05, 0.1) is 23.4 Å². The minimum atomic E-state index is -1.38. The molecule has 0 aliphatic heterocycles. The average Bonchev–Trinajstić information content (AvgIpc) is 2.46. The topological polar surface area (TPSA) is 97.4 Å². The fourth-order valence-corrected chi connectivity index (χ4v) is 3.78. The van der Waals surface area contributed by atoms with Crippen molar-refractivity contribution in [2.24, 2.45) is 28.9 Å². The number of rotatable bonds is 1. The van der Waals surface area contributed by atoms with Gasteiger partial charge < -0.3 is 5.73 Å². The highest BCUT2D eigenvalue weighted by Crippen LogP contribution is 2.53. The normalized spacial score (nSPS) is 27.9. The van der Waals surface area contributed by atoms with Crippen molar-refractivity contribution in [1.82, 2.24) is 0 Å². The SMILES string of the molecule is CC(C)[C@H]1[C@H]2CCCC=C2C(C#N)=C(N)C1(C#N)C#N. The van der Waals surface area contributed by atoms with Crippen molar-refractivity contribution in [2.45, 2.75) is 33.1 Å². The molecule has 2 N–H and O–H groups in total. The first-order valence-corrected chi connectivity index (χ1v) is 6.96. The maximum Gasteiger partial charge on any atom is 0.187 e. The van der Waals surface area contributed by atoms with Gasteiger partial charge >= 0.3 is 0 Å². The van der Waals surface area contributed by atoms with E-state index in [4.69, 9.17) is 5.73 Å². The Bertz CT molecular complexity index is 590. The molecule has 0 aromatic rings. The van der Waals surface area contributed by atoms with E-state index < -0.39 is 5.41 Å². The number of nitrogens with two attached hydrogens (primary N) is 1. The third-order valence-electron chi connectivity index (χ3n) is 4.58. The molecule has 0 saturated heterocycles. The Kier molecular flexibility index (Phi) is 3.56. The summed E-state index contributed by atoms with van der Waals surface area (Å²) in [5, 5.41) is 28.6. The molecular weight excluding hydrogens is 248 g/mol. The molecular formula is C16H18N4. The van der Waals surface area contributed by atoms with Gasteiger partial charge in [-0.3, -0.25) is 0 Å². The lowest BCUT2D eigenvalue weighted by molar-refractivity contribution is 0.172. The van der Waals surface area contributed by atoms with Crippen LogP contribution in [0.25, 0.3) is 0 Å². The molecule has 102 valence electrons. The standard InChI is InChI=1S/C16H18N4/c1-10(2)14-12-6-4-3-5-11(12)13(7-17)15(20)16(14,8-18)9-19/h5,10,12,14H,3-4,6,20H2,1-2H3/t12-,14-/m0/s1. The summed E-state index contributed by atoms with van der Waals surface area (Å²) in [6.07, 6.45) is 4.94. The fourth-order valence-electron chi connectivity index (χ4n) is 3.78. The van der Waals surface area contributed by atoms with E-state index in [1.807, 2.05) is 13.8 Å². The van der Waals surface area contributed by atoms with E-state index in [2.05, 4.69) is 24.3 Å². The van der Waals surface area contributed by atoms with E-state index in [1.54, 1.807) is 0 Å². The number of hydrogen-bond acceptors (Lipinski definition) is 4. The summed E-state index contributed by atoms with van der Waals surface area (Å²) in [7, 11) is 0. The third kappa shape index (κ3) is 1.71. The summed E-state index contributed by atoms with van der Waals surface area (Å²) in [5.74, 6) is 0.0887. The second-order valence-electron chi connectivity index (χ2n) is 5.90. The molecule has 0 bridgehead atoms. The first-order chi connectivity index (χ1) is 9.53. The van der Waals surface area contributed by atoms with Crippen LogP contribution in [0.1, 0.15) is 33.1 Å². The van der Waals surface area contributed by atoms with Gasteiger partial charge in [-0.15, -0.1) is 0 Å². The van der Waals surface area contributed by atoms with E-state index in [-0.39, 0.29) is 23.5 Å². The Morgan fingerprint density at radius 3 is 2.45 bits per heavy atom. The Labute approximate surface area is 119 Å². The average molecular weight is 266 g/mol. The number of hydrogen-bond donors (Lipinski definition) is 1. The van der Waals surface area contributed by atoms with Crippen LogP contribution in [-0.4, -0.2) is 0 Å². The lowest BCUT2D eigenvalue weighted by atomic mass is 9.55. The predicted octanol–water partition coefficient (Wildman–Crippen LogP) is 2.77. The smallest absolute Gasteiger partial charge is 0.187 e. The summed E-state index contributed by atoms with van der Waals surface area (Å²) in [6, 6.07) is 6.37. The van der Waals surface area contributed by atoms with Gasteiger partial charge in [0.2, 0.25) is 0 Å². The van der Waals surface area contributed by atoms with Gasteiger partial charge in [0.15, 0.2) is 5.41 Å². The van der Waals surface area contributed by atoms with Crippen molar-refractivity contribution in [3.05, 3.63) is 22.9 Å². The Morgan fingerprint density at radius 2 is 1.95 bits per heavy atom. The molecule has 0 fully saturated rings. The predicted molar refractivity (Wildman–Crippen MR) is 74.2 cm³/mol. The number of allylic oxidation sites excluding steroid dienone is 4. The lowest BCUT2D eigenvalue weighted by Crippen LogP contribution is -2.46. The molecule has 4 heteroatoms. The van der Waals surface area contributed by atoms with E-state index in [9.17, 15) is 15.8 Å². The van der Waals surface area contributed by atoms with Crippen LogP contribution in [0.3, 0.4) is 0 Å². The highest BCUT2D eigenvalue weighted by atomic mass is 14.7. The fraction of sp³-hybridized carbons (Fsp3) is 0.562. The van der Waals surface area contributed by atoms with Crippen LogP contribution in [0.2, 0.25) is 0 Å². The van der Waals surface area contributed by atoms with Crippen LogP contribution in [-0.2, 0) is 0 Å². The van der Waals surface area contributed by atoms with E-state index in [1.165, 1.54) is 0 Å². The highest BCUT2D eigenvalue weighted by Gasteiger charge is 2.53. The number of nitrogens with zero attached hydrogens (tertiary/aromatic N) is 3. The van der Waals surface area contributed by atoms with E-state index in [0.29, 0.717) is 5.57 Å². The number of fused-ring (bicyclic) bond motifs is 1. The molecule has 2 rings (SSSR count). The molecule has 4 nitrogen and oxygen atoms in total. The van der Waals surface area contributed by atoms with Crippen molar-refractivity contribution in [3.8, 4) is 18.2 Å². The quantitative estimate of drug-likeness (QED) is 0.789. The first-order valence-electron chi connectivity index (χ1n) is 6.96. The van der Waals surface area contributed by atoms with Crippen LogP contribution in [0.5, 0.6) is 0 Å². The molecule has 20 heavy (non-hydrogen) atoms. The largest absolute Gasteiger partial charge is 0.399 e. The molecule has 2 aliphatic carbocycles. The van der Waals surface area contributed by atoms with Gasteiger partial charge in [-0.1, -0.05) is 19.9 Å². The monoisotopic (exact) mass is 266 g/mol. The summed E-state index contributed by atoms with van der Waals surface area (Å²) in [6.45, 7) is 4.04. The van der Waals surface area contributed by atoms with Crippen LogP contribution in [0.15, 0.2) is 22.9 Å². The molecule has 2 aliphatic rings. The highest BCUT2D eigenvalue weighted by molar-refractivity contribution is 5.56. The van der Waals surface area contributed by atoms with Crippen LogP contribution < -0.4 is 5.73 Å². The summed E-state index contributed by atoms with van der Waals surface area (Å²) < 4.78 is 0. The van der Waals surface area contributed by atoms with Gasteiger partial charge in [0.1, 0.15) is 6.07 Å². The van der Waals surface area contributed by atoms with Crippen LogP contribution >= 0.6 is 0 Å². The zero-order chi connectivity index (χ0) is 14.9. The molecule has 0 radical (unpaired) electrons. The number of nitriles is 3. The maximum absolute atomic E-state index is 9.62. The first kappa shape index (κ1) is 14.2. The second kappa shape index (κ2) is 5.03. The molecule has 0 saturated carbocycles. The van der Waals surface area contributed by atoms with Crippen molar-refractivity contribution >= 4 is 0 Å². The lowest BCUT2D eigenvalue weighted by Gasteiger charge is -2.45. The van der Waals surface area contributed by atoms with Crippen molar-refractivity contribution in [1.29, 1.82) is 15.8 Å². The maximum atomic E-state index is 9.62. The van der Waals surface area contributed by atoms with Crippen molar-refractivity contribution in [2.75, 3.05) is 0 Å². The molecule has 2 atom stereocenters. The van der Waals surface area contributed by atoms with Crippen LogP contribution in [0.4, 0.5) is 0 Å². The van der Waals surface area contributed by atoms with Crippen molar-refractivity contribution < 1.29 is 0 Å². The minimum absolute atomic E-state index is 0.0880. The summed E-state index contributed by atoms with van der Waals surface area (Å²) >= 11 is 0. The minimum Gasteiger partial charge on any atom is -0.399 e. The van der Waals surface area contributed by atoms with Gasteiger partial charge in [0, 0.05) is 5.92 Å². The molecule has 0 aromatic carbocycles. The Morgan fingerprint density at radius 1 is 1.30 bits per heavy atom. The van der Waals surface area contributed by atoms with Crippen molar-refractivity contribution in [3.63, 3.8) is 0 Å². The van der Waals surface area contributed by atoms with Crippen LogP contribution in [0, 0.1) is 57.2 Å². The van der Waals surface area contributed by atoms with Gasteiger partial charge in [-0.2, -0.15) is 15.8 Å². The second-order valence-corrected chi connectivity index (χ2v) is 5.90. The molecule has 0 amide bonds.